The van der Waals surface area contributed by atoms with Crippen molar-refractivity contribution in [2.24, 2.45) is 0 Å². The minimum atomic E-state index is -0.405. The zero-order chi connectivity index (χ0) is 30.0. The lowest BCUT2D eigenvalue weighted by Crippen LogP contribution is -2.28. The van der Waals surface area contributed by atoms with E-state index in [4.69, 9.17) is 4.98 Å². The number of hydrogen-bond donors (Lipinski definition) is 0. The highest BCUT2D eigenvalue weighted by atomic mass is 32.1. The normalized spacial score (nSPS) is 13.2. The SMILES string of the molecule is Cc1ccc2c(c1)C(c1ccccc1)(c1ccccc1)c1cc(-c3ccc4cc(-c5nc6ccccc6s5)ccc4c3)ccc1-2. The monoisotopic (exact) mass is 591 g/mol. The van der Waals surface area contributed by atoms with Crippen LogP contribution < -0.4 is 0 Å². The summed E-state index contributed by atoms with van der Waals surface area (Å²) in [7, 11) is 0. The second kappa shape index (κ2) is 10.1. The highest BCUT2D eigenvalue weighted by Gasteiger charge is 2.46. The van der Waals surface area contributed by atoms with Gasteiger partial charge in [-0.3, -0.25) is 0 Å². The first-order valence-electron chi connectivity index (χ1n) is 15.5. The Morgan fingerprint density at radius 2 is 1.04 bits per heavy atom. The van der Waals surface area contributed by atoms with Crippen molar-refractivity contribution in [1.82, 2.24) is 4.98 Å². The van der Waals surface area contributed by atoms with Crippen molar-refractivity contribution >= 4 is 32.3 Å². The van der Waals surface area contributed by atoms with Crippen LogP contribution in [0.1, 0.15) is 27.8 Å². The first kappa shape index (κ1) is 26.1. The van der Waals surface area contributed by atoms with Crippen LogP contribution in [0, 0.1) is 6.92 Å². The van der Waals surface area contributed by atoms with Crippen LogP contribution in [0.3, 0.4) is 0 Å². The van der Waals surface area contributed by atoms with Gasteiger partial charge in [-0.2, -0.15) is 0 Å². The molecule has 1 aliphatic rings. The summed E-state index contributed by atoms with van der Waals surface area (Å²) in [6.07, 6.45) is 0. The molecule has 45 heavy (non-hydrogen) atoms. The Kier molecular flexibility index (Phi) is 5.88. The molecule has 0 aliphatic heterocycles. The van der Waals surface area contributed by atoms with Crippen LogP contribution in [0.5, 0.6) is 0 Å². The first-order chi connectivity index (χ1) is 22.2. The van der Waals surface area contributed by atoms with Crippen LogP contribution in [-0.4, -0.2) is 4.98 Å². The Morgan fingerprint density at radius 1 is 0.489 bits per heavy atom. The maximum atomic E-state index is 4.89. The fourth-order valence-electron chi connectivity index (χ4n) is 7.34. The van der Waals surface area contributed by atoms with E-state index in [1.54, 1.807) is 11.3 Å². The van der Waals surface area contributed by atoms with Crippen LogP contribution in [0.15, 0.2) is 158 Å². The molecule has 1 heterocycles. The quantitative estimate of drug-likeness (QED) is 0.198. The van der Waals surface area contributed by atoms with Gasteiger partial charge in [0.15, 0.2) is 0 Å². The Bertz CT molecular complexity index is 2310. The average Bonchev–Trinajstić information content (AvgIpc) is 3.66. The molecule has 0 amide bonds. The molecule has 9 rings (SSSR count). The third-order valence-corrected chi connectivity index (χ3v) is 10.5. The number of para-hydroxylation sites is 1. The molecule has 0 N–H and O–H groups in total. The molecule has 0 bridgehead atoms. The second-order valence-corrected chi connectivity index (χ2v) is 13.1. The van der Waals surface area contributed by atoms with Crippen molar-refractivity contribution in [3.8, 4) is 32.8 Å². The molecular formula is C43H29NS. The summed E-state index contributed by atoms with van der Waals surface area (Å²) < 4.78 is 1.22. The first-order valence-corrected chi connectivity index (χ1v) is 16.3. The van der Waals surface area contributed by atoms with E-state index in [2.05, 4.69) is 165 Å². The molecule has 0 saturated carbocycles. The van der Waals surface area contributed by atoms with Gasteiger partial charge < -0.3 is 0 Å². The summed E-state index contributed by atoms with van der Waals surface area (Å²) in [6.45, 7) is 2.20. The fraction of sp³-hybridized carbons (Fsp3) is 0.0465. The summed E-state index contributed by atoms with van der Waals surface area (Å²) in [6, 6.07) is 58.1. The van der Waals surface area contributed by atoms with E-state index < -0.39 is 5.41 Å². The lowest BCUT2D eigenvalue weighted by molar-refractivity contribution is 0.768. The van der Waals surface area contributed by atoms with Gasteiger partial charge in [0.1, 0.15) is 5.01 Å². The van der Waals surface area contributed by atoms with Crippen molar-refractivity contribution in [2.75, 3.05) is 0 Å². The molecule has 1 aliphatic carbocycles. The number of nitrogens with zero attached hydrogens (tertiary/aromatic N) is 1. The Balaban J connectivity index is 1.21. The summed E-state index contributed by atoms with van der Waals surface area (Å²) in [5.41, 5.74) is 13.4. The lowest BCUT2D eigenvalue weighted by atomic mass is 9.67. The molecule has 2 heteroatoms. The molecular weight excluding hydrogens is 563 g/mol. The van der Waals surface area contributed by atoms with Crippen molar-refractivity contribution < 1.29 is 0 Å². The van der Waals surface area contributed by atoms with Crippen LogP contribution >= 0.6 is 11.3 Å². The third kappa shape index (κ3) is 4.03. The van der Waals surface area contributed by atoms with Crippen molar-refractivity contribution in [1.29, 1.82) is 0 Å². The number of aromatic nitrogens is 1. The van der Waals surface area contributed by atoms with Gasteiger partial charge in [0.05, 0.1) is 15.6 Å². The lowest BCUT2D eigenvalue weighted by Gasteiger charge is -2.34. The zero-order valence-corrected chi connectivity index (χ0v) is 25.7. The molecule has 8 aromatic rings. The number of aryl methyl sites for hydroxylation is 1. The van der Waals surface area contributed by atoms with Gasteiger partial charge in [0, 0.05) is 5.56 Å². The molecule has 0 unspecified atom stereocenters. The van der Waals surface area contributed by atoms with Crippen molar-refractivity contribution in [3.05, 3.63) is 186 Å². The predicted molar refractivity (Wildman–Crippen MR) is 190 cm³/mol. The highest BCUT2D eigenvalue weighted by Crippen LogP contribution is 2.57. The van der Waals surface area contributed by atoms with Gasteiger partial charge in [-0.25, -0.2) is 4.98 Å². The zero-order valence-electron chi connectivity index (χ0n) is 24.9. The minimum Gasteiger partial charge on any atom is -0.236 e. The maximum Gasteiger partial charge on any atom is 0.124 e. The van der Waals surface area contributed by atoms with E-state index in [1.807, 2.05) is 0 Å². The van der Waals surface area contributed by atoms with Crippen LogP contribution in [-0.2, 0) is 5.41 Å². The number of fused-ring (bicyclic) bond motifs is 5. The van der Waals surface area contributed by atoms with Gasteiger partial charge >= 0.3 is 0 Å². The molecule has 0 radical (unpaired) electrons. The number of rotatable bonds is 4. The topological polar surface area (TPSA) is 12.9 Å². The fourth-order valence-corrected chi connectivity index (χ4v) is 8.30. The minimum absolute atomic E-state index is 0.405. The van der Waals surface area contributed by atoms with E-state index in [0.29, 0.717) is 0 Å². The van der Waals surface area contributed by atoms with E-state index in [-0.39, 0.29) is 0 Å². The summed E-state index contributed by atoms with van der Waals surface area (Å²) >= 11 is 1.75. The van der Waals surface area contributed by atoms with Gasteiger partial charge in [0.25, 0.3) is 0 Å². The second-order valence-electron chi connectivity index (χ2n) is 12.1. The van der Waals surface area contributed by atoms with Crippen molar-refractivity contribution in [3.63, 3.8) is 0 Å². The molecule has 1 aromatic heterocycles. The highest BCUT2D eigenvalue weighted by molar-refractivity contribution is 7.21. The molecule has 7 aromatic carbocycles. The van der Waals surface area contributed by atoms with Crippen LogP contribution in [0.2, 0.25) is 0 Å². The third-order valence-electron chi connectivity index (χ3n) is 9.42. The number of hydrogen-bond acceptors (Lipinski definition) is 2. The molecule has 0 fully saturated rings. The van der Waals surface area contributed by atoms with Gasteiger partial charge in [-0.1, -0.05) is 133 Å². The number of benzene rings is 7. The molecule has 1 nitrogen and oxygen atoms in total. The maximum absolute atomic E-state index is 4.89. The predicted octanol–water partition coefficient (Wildman–Crippen LogP) is 11.5. The largest absolute Gasteiger partial charge is 0.236 e. The van der Waals surface area contributed by atoms with E-state index in [9.17, 15) is 0 Å². The molecule has 212 valence electrons. The smallest absolute Gasteiger partial charge is 0.124 e. The summed E-state index contributed by atoms with van der Waals surface area (Å²) in [4.78, 5) is 4.89. The average molecular weight is 592 g/mol. The van der Waals surface area contributed by atoms with E-state index >= 15 is 0 Å². The summed E-state index contributed by atoms with van der Waals surface area (Å²) in [5, 5.41) is 3.52. The van der Waals surface area contributed by atoms with Crippen LogP contribution in [0.4, 0.5) is 0 Å². The van der Waals surface area contributed by atoms with Crippen LogP contribution in [0.25, 0.3) is 53.8 Å². The standard InChI is InChI=1S/C43H29NS/c1-28-16-22-36-37-23-21-32(27-39(37)43(38(36)24-28,34-10-4-2-5-11-34)35-12-6-3-7-13-35)30-17-18-31-26-33(20-19-29(31)25-30)42-44-40-14-8-9-15-41(40)45-42/h2-27H,1H3. The van der Waals surface area contributed by atoms with E-state index in [1.165, 1.54) is 65.5 Å². The molecule has 0 saturated heterocycles. The van der Waals surface area contributed by atoms with Gasteiger partial charge in [-0.15, -0.1) is 11.3 Å². The van der Waals surface area contributed by atoms with Gasteiger partial charge in [-0.05, 0) is 92.5 Å². The molecule has 0 spiro atoms. The Labute approximate surface area is 267 Å². The Morgan fingerprint density at radius 3 is 1.76 bits per heavy atom. The number of thiazole rings is 1. The van der Waals surface area contributed by atoms with E-state index in [0.717, 1.165) is 16.1 Å². The summed E-state index contributed by atoms with van der Waals surface area (Å²) in [5.74, 6) is 0. The molecule has 0 atom stereocenters. The Hall–Kier alpha value is -5.31. The van der Waals surface area contributed by atoms with Gasteiger partial charge in [0.2, 0.25) is 0 Å². The van der Waals surface area contributed by atoms with Crippen molar-refractivity contribution in [2.45, 2.75) is 12.3 Å².